The number of hydrogen-bond acceptors (Lipinski definition) is 4. The van der Waals surface area contributed by atoms with E-state index in [0.29, 0.717) is 24.2 Å². The van der Waals surface area contributed by atoms with Crippen LogP contribution in [0.15, 0.2) is 36.4 Å². The molecular weight excluding hydrogens is 449 g/mol. The number of carboxylic acid groups (broad SMARTS) is 1. The zero-order valence-corrected chi connectivity index (χ0v) is 20.3. The minimum atomic E-state index is -4.79. The molecule has 5 nitrogen and oxygen atoms in total. The quantitative estimate of drug-likeness (QED) is 0.406. The predicted molar refractivity (Wildman–Crippen MR) is 122 cm³/mol. The third-order valence-corrected chi connectivity index (χ3v) is 5.22. The van der Waals surface area contributed by atoms with Gasteiger partial charge in [0.05, 0.1) is 0 Å². The summed E-state index contributed by atoms with van der Waals surface area (Å²) in [6.45, 7) is 11.1. The molecule has 2 aromatic rings. The van der Waals surface area contributed by atoms with Gasteiger partial charge in [-0.3, -0.25) is 4.79 Å². The maximum Gasteiger partial charge on any atom is 0.573 e. The highest BCUT2D eigenvalue weighted by atomic mass is 19.4. The van der Waals surface area contributed by atoms with Crippen LogP contribution in [0.25, 0.3) is 0 Å². The Labute approximate surface area is 197 Å². The molecule has 2 aromatic carbocycles. The third-order valence-electron chi connectivity index (χ3n) is 5.22. The second kappa shape index (κ2) is 10.1. The maximum atomic E-state index is 12.5. The van der Waals surface area contributed by atoms with E-state index in [0.717, 1.165) is 28.8 Å². The van der Waals surface area contributed by atoms with Gasteiger partial charge in [0.2, 0.25) is 5.60 Å². The Kier molecular flexibility index (Phi) is 8.06. The number of ketones is 1. The van der Waals surface area contributed by atoms with E-state index in [1.807, 2.05) is 46.8 Å². The molecule has 1 atom stereocenters. The molecule has 0 spiro atoms. The van der Waals surface area contributed by atoms with Gasteiger partial charge in [0.15, 0.2) is 5.78 Å². The molecule has 34 heavy (non-hydrogen) atoms. The number of Topliss-reactive ketones (excluding diaryl/α,β-unsaturated/α-hetero) is 1. The van der Waals surface area contributed by atoms with Crippen LogP contribution >= 0.6 is 0 Å². The number of hydrogen-bond donors (Lipinski definition) is 1. The van der Waals surface area contributed by atoms with Gasteiger partial charge >= 0.3 is 12.3 Å². The van der Waals surface area contributed by atoms with Crippen LogP contribution in [0.1, 0.15) is 67.6 Å². The molecule has 186 valence electrons. The average Bonchev–Trinajstić information content (AvgIpc) is 2.67. The van der Waals surface area contributed by atoms with Crippen molar-refractivity contribution in [3.8, 4) is 11.5 Å². The number of rotatable bonds is 9. The highest BCUT2D eigenvalue weighted by Gasteiger charge is 2.40. The van der Waals surface area contributed by atoms with Crippen LogP contribution < -0.4 is 9.47 Å². The summed E-state index contributed by atoms with van der Waals surface area (Å²) in [6, 6.07) is 8.54. The Morgan fingerprint density at radius 1 is 0.912 bits per heavy atom. The van der Waals surface area contributed by atoms with E-state index in [4.69, 9.17) is 4.74 Å². The summed E-state index contributed by atoms with van der Waals surface area (Å²) in [5.41, 5.74) is 1.04. The summed E-state index contributed by atoms with van der Waals surface area (Å²) in [5, 5.41) is 9.79. The zero-order chi connectivity index (χ0) is 25.9. The molecule has 0 amide bonds. The minimum absolute atomic E-state index is 0.162. The highest BCUT2D eigenvalue weighted by molar-refractivity contribution is 5.96. The highest BCUT2D eigenvalue weighted by Crippen LogP contribution is 2.35. The SMILES string of the molecule is Cc1cc(CCC(=O)c2ccc(OC(F)(F)F)cc2)cc(C)c1OC(C)(CC(C)(C)C)C(=O)O. The molecule has 0 saturated carbocycles. The predicted octanol–water partition coefficient (Wildman–Crippen LogP) is 6.68. The van der Waals surface area contributed by atoms with Gasteiger partial charge in [-0.15, -0.1) is 13.2 Å². The molecule has 0 fully saturated rings. The molecule has 8 heteroatoms. The summed E-state index contributed by atoms with van der Waals surface area (Å²) in [6.07, 6.45) is -3.89. The van der Waals surface area contributed by atoms with E-state index >= 15 is 0 Å². The van der Waals surface area contributed by atoms with Gasteiger partial charge in [-0.1, -0.05) is 32.9 Å². The Morgan fingerprint density at radius 2 is 1.44 bits per heavy atom. The van der Waals surface area contributed by atoms with Crippen LogP contribution in [0, 0.1) is 19.3 Å². The van der Waals surface area contributed by atoms with Crippen molar-refractivity contribution in [3.63, 3.8) is 0 Å². The van der Waals surface area contributed by atoms with Crippen molar-refractivity contribution < 1.29 is 37.3 Å². The van der Waals surface area contributed by atoms with E-state index < -0.39 is 17.9 Å². The average molecular weight is 481 g/mol. The Hall–Kier alpha value is -3.03. The molecule has 0 saturated heterocycles. The van der Waals surface area contributed by atoms with Crippen LogP contribution in [-0.4, -0.2) is 28.8 Å². The summed E-state index contributed by atoms with van der Waals surface area (Å²) >= 11 is 0. The lowest BCUT2D eigenvalue weighted by atomic mass is 9.82. The summed E-state index contributed by atoms with van der Waals surface area (Å²) < 4.78 is 46.7. The van der Waals surface area contributed by atoms with E-state index in [1.54, 1.807) is 6.92 Å². The Balaban J connectivity index is 2.11. The first-order chi connectivity index (χ1) is 15.5. The molecule has 0 aliphatic heterocycles. The van der Waals surface area contributed by atoms with Crippen molar-refractivity contribution in [2.75, 3.05) is 0 Å². The summed E-state index contributed by atoms with van der Waals surface area (Å²) in [4.78, 5) is 24.5. The molecule has 0 radical (unpaired) electrons. The molecule has 0 heterocycles. The lowest BCUT2D eigenvalue weighted by Crippen LogP contribution is -2.44. The molecule has 1 unspecified atom stereocenters. The van der Waals surface area contributed by atoms with Crippen molar-refractivity contribution in [1.82, 2.24) is 0 Å². The molecule has 2 rings (SSSR count). The van der Waals surface area contributed by atoms with Gasteiger partial charge < -0.3 is 14.6 Å². The zero-order valence-electron chi connectivity index (χ0n) is 20.3. The van der Waals surface area contributed by atoms with Gasteiger partial charge in [-0.25, -0.2) is 4.79 Å². The first-order valence-corrected chi connectivity index (χ1v) is 10.9. The number of alkyl halides is 3. The number of ether oxygens (including phenoxy) is 2. The van der Waals surface area contributed by atoms with Crippen LogP contribution in [0.3, 0.4) is 0 Å². The number of carboxylic acids is 1. The van der Waals surface area contributed by atoms with Gasteiger partial charge in [-0.05, 0) is 73.6 Å². The third kappa shape index (κ3) is 7.78. The molecule has 0 aliphatic rings. The van der Waals surface area contributed by atoms with E-state index in [-0.39, 0.29) is 23.4 Å². The molecule has 0 bridgehead atoms. The van der Waals surface area contributed by atoms with E-state index in [2.05, 4.69) is 4.74 Å². The first-order valence-electron chi connectivity index (χ1n) is 10.9. The topological polar surface area (TPSA) is 72.8 Å². The van der Waals surface area contributed by atoms with Crippen molar-refractivity contribution in [2.45, 2.75) is 72.8 Å². The number of carbonyl (C=O) groups excluding carboxylic acids is 1. The second-order valence-electron chi connectivity index (χ2n) is 9.93. The van der Waals surface area contributed by atoms with Crippen molar-refractivity contribution in [3.05, 3.63) is 58.7 Å². The smallest absolute Gasteiger partial charge is 0.478 e. The van der Waals surface area contributed by atoms with Gasteiger partial charge in [0.25, 0.3) is 0 Å². The van der Waals surface area contributed by atoms with Gasteiger partial charge in [-0.2, -0.15) is 0 Å². The molecule has 1 N–H and O–H groups in total. The van der Waals surface area contributed by atoms with Gasteiger partial charge in [0, 0.05) is 18.4 Å². The number of benzene rings is 2. The maximum absolute atomic E-state index is 12.5. The van der Waals surface area contributed by atoms with Crippen LogP contribution in [0.4, 0.5) is 13.2 Å². The van der Waals surface area contributed by atoms with E-state index in [1.165, 1.54) is 12.1 Å². The fourth-order valence-corrected chi connectivity index (χ4v) is 3.98. The second-order valence-corrected chi connectivity index (χ2v) is 9.93. The van der Waals surface area contributed by atoms with Crippen molar-refractivity contribution in [2.24, 2.45) is 5.41 Å². The number of halogens is 3. The summed E-state index contributed by atoms with van der Waals surface area (Å²) in [5.74, 6) is -1.13. The largest absolute Gasteiger partial charge is 0.573 e. The van der Waals surface area contributed by atoms with Gasteiger partial charge in [0.1, 0.15) is 11.5 Å². The molecular formula is C26H31F3O5. The van der Waals surface area contributed by atoms with E-state index in [9.17, 15) is 27.9 Å². The lowest BCUT2D eigenvalue weighted by molar-refractivity contribution is -0.274. The number of aryl methyl sites for hydroxylation is 3. The molecule has 0 aromatic heterocycles. The number of aliphatic carboxylic acids is 1. The Bertz CT molecular complexity index is 1010. The standard InChI is InChI=1S/C26H31F3O5/c1-16-13-18(7-12-21(30)19-8-10-20(11-9-19)33-26(27,28)29)14-17(2)22(16)34-25(6,23(31)32)15-24(3,4)5/h8-11,13-14H,7,12,15H2,1-6H3,(H,31,32). The van der Waals surface area contributed by atoms with Crippen LogP contribution in [0.2, 0.25) is 0 Å². The van der Waals surface area contributed by atoms with Crippen molar-refractivity contribution >= 4 is 11.8 Å². The molecule has 0 aliphatic carbocycles. The van der Waals surface area contributed by atoms with Crippen LogP contribution in [0.5, 0.6) is 11.5 Å². The fourth-order valence-electron chi connectivity index (χ4n) is 3.98. The van der Waals surface area contributed by atoms with Crippen molar-refractivity contribution in [1.29, 1.82) is 0 Å². The lowest BCUT2D eigenvalue weighted by Gasteiger charge is -2.33. The number of carbonyl (C=O) groups is 2. The summed E-state index contributed by atoms with van der Waals surface area (Å²) in [7, 11) is 0. The Morgan fingerprint density at radius 3 is 1.88 bits per heavy atom. The monoisotopic (exact) mass is 480 g/mol. The first kappa shape index (κ1) is 27.2. The fraction of sp³-hybridized carbons (Fsp3) is 0.462. The van der Waals surface area contributed by atoms with Crippen LogP contribution in [-0.2, 0) is 11.2 Å². The minimum Gasteiger partial charge on any atom is -0.478 e. The normalized spacial score (nSPS) is 13.8.